The number of piperidine rings is 1. The fourth-order valence-corrected chi connectivity index (χ4v) is 3.85. The predicted molar refractivity (Wildman–Crippen MR) is 105 cm³/mol. The Kier molecular flexibility index (Phi) is 6.19. The van der Waals surface area contributed by atoms with Crippen molar-refractivity contribution >= 4 is 17.2 Å². The number of carbonyl (C=O) groups excluding carboxylic acids is 1. The lowest BCUT2D eigenvalue weighted by molar-refractivity contribution is 0.101. The van der Waals surface area contributed by atoms with Crippen LogP contribution in [-0.4, -0.2) is 36.0 Å². The fourth-order valence-electron chi connectivity index (χ4n) is 3.85. The number of carbonyl (C=O) groups is 1. The lowest BCUT2D eigenvalue weighted by atomic mass is 9.90. The van der Waals surface area contributed by atoms with Gasteiger partial charge in [-0.25, -0.2) is 0 Å². The van der Waals surface area contributed by atoms with E-state index >= 15 is 0 Å². The van der Waals surface area contributed by atoms with Crippen molar-refractivity contribution in [2.75, 3.05) is 19.6 Å². The molecule has 2 aliphatic rings. The molecule has 3 rings (SSSR count). The van der Waals surface area contributed by atoms with E-state index in [1.54, 1.807) is 6.92 Å². The molecule has 2 heterocycles. The molecule has 0 aliphatic carbocycles. The monoisotopic (exact) mass is 338 g/mol. The number of allylic oxidation sites excluding steroid dienone is 1. The first-order chi connectivity index (χ1) is 12.2. The number of ketones is 1. The minimum Gasteiger partial charge on any atom is -0.304 e. The van der Waals surface area contributed by atoms with Crippen molar-refractivity contribution in [2.24, 2.45) is 10.9 Å². The van der Waals surface area contributed by atoms with E-state index in [9.17, 15) is 4.79 Å². The fraction of sp³-hybridized carbons (Fsp3) is 0.545. The molecule has 1 fully saturated rings. The molecule has 2 aliphatic heterocycles. The average molecular weight is 338 g/mol. The zero-order valence-corrected chi connectivity index (χ0v) is 15.6. The molecule has 0 amide bonds. The van der Waals surface area contributed by atoms with Crippen LogP contribution in [0.1, 0.15) is 68.3 Å². The summed E-state index contributed by atoms with van der Waals surface area (Å²) >= 11 is 0. The summed E-state index contributed by atoms with van der Waals surface area (Å²) in [6.45, 7) is 7.59. The highest BCUT2D eigenvalue weighted by atomic mass is 16.1. The van der Waals surface area contributed by atoms with E-state index in [4.69, 9.17) is 4.99 Å². The molecule has 0 unspecified atom stereocenters. The summed E-state index contributed by atoms with van der Waals surface area (Å²) in [5.41, 5.74) is 4.32. The maximum absolute atomic E-state index is 11.4. The zero-order chi connectivity index (χ0) is 17.6. The van der Waals surface area contributed by atoms with Gasteiger partial charge in [0, 0.05) is 11.3 Å². The maximum Gasteiger partial charge on any atom is 0.159 e. The predicted octanol–water partition coefficient (Wildman–Crippen LogP) is 4.98. The topological polar surface area (TPSA) is 32.7 Å². The van der Waals surface area contributed by atoms with Gasteiger partial charge in [0.05, 0.1) is 5.70 Å². The molecular weight excluding hydrogens is 308 g/mol. The van der Waals surface area contributed by atoms with Crippen LogP contribution in [-0.2, 0) is 0 Å². The molecule has 0 atom stereocenters. The summed E-state index contributed by atoms with van der Waals surface area (Å²) in [6, 6.07) is 7.86. The number of hydrogen-bond acceptors (Lipinski definition) is 3. The standard InChI is InChI=1S/C22H30N2O/c1-3-24-15-13-18(14-16-24)7-12-21-5-4-6-22(23-21)20-10-8-19(9-11-20)17(2)25/h6,8-11,18H,3-5,7,12-16H2,1-2H3. The third-order valence-corrected chi connectivity index (χ3v) is 5.63. The Morgan fingerprint density at radius 2 is 1.92 bits per heavy atom. The molecule has 0 saturated carbocycles. The van der Waals surface area contributed by atoms with Gasteiger partial charge in [-0.15, -0.1) is 0 Å². The molecular formula is C22H30N2O. The molecule has 0 N–H and O–H groups in total. The molecule has 1 aromatic carbocycles. The minimum absolute atomic E-state index is 0.113. The molecule has 25 heavy (non-hydrogen) atoms. The van der Waals surface area contributed by atoms with Crippen molar-refractivity contribution in [3.05, 3.63) is 41.5 Å². The van der Waals surface area contributed by atoms with E-state index in [1.807, 2.05) is 24.3 Å². The quantitative estimate of drug-likeness (QED) is 0.686. The van der Waals surface area contributed by atoms with Gasteiger partial charge >= 0.3 is 0 Å². The lowest BCUT2D eigenvalue weighted by Gasteiger charge is -2.31. The number of nitrogens with zero attached hydrogens (tertiary/aromatic N) is 2. The zero-order valence-electron chi connectivity index (χ0n) is 15.6. The highest BCUT2D eigenvalue weighted by Gasteiger charge is 2.19. The second kappa shape index (κ2) is 8.57. The SMILES string of the molecule is CCN1CCC(CCC2=NC(c3ccc(C(C)=O)cc3)=CCC2)CC1. The summed E-state index contributed by atoms with van der Waals surface area (Å²) in [6.07, 6.45) is 9.52. The molecule has 0 bridgehead atoms. The highest BCUT2D eigenvalue weighted by molar-refractivity contribution is 5.95. The largest absolute Gasteiger partial charge is 0.304 e. The van der Waals surface area contributed by atoms with Gasteiger partial charge in [-0.2, -0.15) is 0 Å². The molecule has 1 saturated heterocycles. The van der Waals surface area contributed by atoms with E-state index < -0.39 is 0 Å². The van der Waals surface area contributed by atoms with E-state index in [0.717, 1.165) is 42.0 Å². The number of aliphatic imine (C=N–C) groups is 1. The summed E-state index contributed by atoms with van der Waals surface area (Å²) in [4.78, 5) is 18.9. The Labute approximate surface area is 151 Å². The van der Waals surface area contributed by atoms with Crippen molar-refractivity contribution in [1.82, 2.24) is 4.90 Å². The first kappa shape index (κ1) is 18.1. The van der Waals surface area contributed by atoms with Gasteiger partial charge < -0.3 is 4.90 Å². The van der Waals surface area contributed by atoms with Crippen LogP contribution in [0.15, 0.2) is 35.3 Å². The second-order valence-electron chi connectivity index (χ2n) is 7.36. The van der Waals surface area contributed by atoms with Gasteiger partial charge in [0.2, 0.25) is 0 Å². The Bertz CT molecular complexity index is 649. The first-order valence-electron chi connectivity index (χ1n) is 9.76. The maximum atomic E-state index is 11.4. The van der Waals surface area contributed by atoms with E-state index in [-0.39, 0.29) is 5.78 Å². The van der Waals surface area contributed by atoms with Gasteiger partial charge in [-0.3, -0.25) is 9.79 Å². The van der Waals surface area contributed by atoms with Crippen LogP contribution in [0.3, 0.4) is 0 Å². The van der Waals surface area contributed by atoms with Crippen molar-refractivity contribution in [1.29, 1.82) is 0 Å². The first-order valence-corrected chi connectivity index (χ1v) is 9.76. The highest BCUT2D eigenvalue weighted by Crippen LogP contribution is 2.26. The number of Topliss-reactive ketones (excluding diaryl/α,β-unsaturated/α-hetero) is 1. The van der Waals surface area contributed by atoms with Gasteiger partial charge in [0.25, 0.3) is 0 Å². The Morgan fingerprint density at radius 3 is 2.56 bits per heavy atom. The van der Waals surface area contributed by atoms with Crippen molar-refractivity contribution in [3.8, 4) is 0 Å². The van der Waals surface area contributed by atoms with Gasteiger partial charge in [0.15, 0.2) is 5.78 Å². The minimum atomic E-state index is 0.113. The Balaban J connectivity index is 1.56. The van der Waals surface area contributed by atoms with Crippen molar-refractivity contribution < 1.29 is 4.79 Å². The van der Waals surface area contributed by atoms with Crippen LogP contribution in [0.4, 0.5) is 0 Å². The lowest BCUT2D eigenvalue weighted by Crippen LogP contribution is -2.33. The molecule has 0 aromatic heterocycles. The summed E-state index contributed by atoms with van der Waals surface area (Å²) in [5, 5.41) is 0. The number of likely N-dealkylation sites (tertiary alicyclic amines) is 1. The van der Waals surface area contributed by atoms with Crippen LogP contribution in [0.5, 0.6) is 0 Å². The second-order valence-corrected chi connectivity index (χ2v) is 7.36. The van der Waals surface area contributed by atoms with Crippen molar-refractivity contribution in [2.45, 2.75) is 52.4 Å². The number of rotatable bonds is 6. The molecule has 3 nitrogen and oxygen atoms in total. The van der Waals surface area contributed by atoms with Crippen LogP contribution in [0, 0.1) is 5.92 Å². The van der Waals surface area contributed by atoms with Gasteiger partial charge in [-0.05, 0) is 76.6 Å². The van der Waals surface area contributed by atoms with E-state index in [2.05, 4.69) is 17.9 Å². The third-order valence-electron chi connectivity index (χ3n) is 5.63. The number of hydrogen-bond donors (Lipinski definition) is 0. The Hall–Kier alpha value is -1.74. The van der Waals surface area contributed by atoms with Crippen LogP contribution >= 0.6 is 0 Å². The number of benzene rings is 1. The molecule has 3 heteroatoms. The van der Waals surface area contributed by atoms with Crippen LogP contribution < -0.4 is 0 Å². The summed E-state index contributed by atoms with van der Waals surface area (Å²) < 4.78 is 0. The average Bonchev–Trinajstić information content (AvgIpc) is 2.67. The molecule has 0 spiro atoms. The molecule has 134 valence electrons. The molecule has 1 aromatic rings. The van der Waals surface area contributed by atoms with Crippen LogP contribution in [0.2, 0.25) is 0 Å². The molecule has 0 radical (unpaired) electrons. The van der Waals surface area contributed by atoms with E-state index in [1.165, 1.54) is 44.6 Å². The van der Waals surface area contributed by atoms with Crippen molar-refractivity contribution in [3.63, 3.8) is 0 Å². The van der Waals surface area contributed by atoms with Gasteiger partial charge in [-0.1, -0.05) is 37.3 Å². The smallest absolute Gasteiger partial charge is 0.159 e. The third kappa shape index (κ3) is 4.88. The normalized spacial score (nSPS) is 19.4. The van der Waals surface area contributed by atoms with Crippen LogP contribution in [0.25, 0.3) is 5.70 Å². The Morgan fingerprint density at radius 1 is 1.20 bits per heavy atom. The summed E-state index contributed by atoms with van der Waals surface area (Å²) in [5.74, 6) is 0.984. The summed E-state index contributed by atoms with van der Waals surface area (Å²) in [7, 11) is 0. The van der Waals surface area contributed by atoms with Gasteiger partial charge in [0.1, 0.15) is 0 Å². The van der Waals surface area contributed by atoms with E-state index in [0.29, 0.717) is 0 Å².